The van der Waals surface area contributed by atoms with Crippen LogP contribution in [0.25, 0.3) is 0 Å². The maximum atomic E-state index is 12.8. The number of piperidine rings is 1. The minimum atomic E-state index is -0.110. The lowest BCUT2D eigenvalue weighted by Crippen LogP contribution is -2.62. The van der Waals surface area contributed by atoms with Crippen molar-refractivity contribution in [3.63, 3.8) is 0 Å². The number of amides is 3. The molecule has 3 atom stereocenters. The highest BCUT2D eigenvalue weighted by Crippen LogP contribution is 2.22. The van der Waals surface area contributed by atoms with E-state index in [1.54, 1.807) is 0 Å². The number of nitrogens with zero attached hydrogens (tertiary/aromatic N) is 2. The number of hydrogen-bond acceptors (Lipinski definition) is 4. The molecule has 3 amide bonds. The minimum absolute atomic E-state index is 0.0131. The van der Waals surface area contributed by atoms with E-state index in [0.29, 0.717) is 37.8 Å². The highest BCUT2D eigenvalue weighted by atomic mass is 35.5. The van der Waals surface area contributed by atoms with Crippen LogP contribution in [-0.2, 0) is 20.9 Å². The van der Waals surface area contributed by atoms with Gasteiger partial charge < -0.3 is 24.6 Å². The van der Waals surface area contributed by atoms with Crippen molar-refractivity contribution in [1.82, 2.24) is 15.1 Å². The second-order valence-corrected chi connectivity index (χ2v) is 7.77. The third kappa shape index (κ3) is 4.36. The molecule has 0 bridgehead atoms. The van der Waals surface area contributed by atoms with Crippen LogP contribution in [0.5, 0.6) is 0 Å². The Morgan fingerprint density at radius 1 is 1.26 bits per heavy atom. The zero-order valence-corrected chi connectivity index (χ0v) is 15.9. The second-order valence-electron chi connectivity index (χ2n) is 7.34. The summed E-state index contributed by atoms with van der Waals surface area (Å²) in [6.07, 6.45) is 1.62. The summed E-state index contributed by atoms with van der Waals surface area (Å²) in [4.78, 5) is 28.0. The lowest BCUT2D eigenvalue weighted by Gasteiger charge is -2.42. The van der Waals surface area contributed by atoms with Gasteiger partial charge in [0.25, 0.3) is 0 Å². The van der Waals surface area contributed by atoms with Gasteiger partial charge in [0.15, 0.2) is 0 Å². The molecule has 3 fully saturated rings. The zero-order chi connectivity index (χ0) is 18.8. The molecule has 1 aromatic rings. The van der Waals surface area contributed by atoms with Gasteiger partial charge in [-0.2, -0.15) is 0 Å². The molecule has 0 unspecified atom stereocenters. The van der Waals surface area contributed by atoms with Gasteiger partial charge in [-0.15, -0.1) is 0 Å². The number of hydrogen-bond donors (Lipinski definition) is 1. The third-order valence-corrected chi connectivity index (χ3v) is 5.62. The normalized spacial score (nSPS) is 28.0. The third-order valence-electron chi connectivity index (χ3n) is 5.39. The molecule has 3 aliphatic heterocycles. The minimum Gasteiger partial charge on any atom is -0.372 e. The quantitative estimate of drug-likeness (QED) is 0.847. The van der Waals surface area contributed by atoms with E-state index in [2.05, 4.69) is 5.32 Å². The van der Waals surface area contributed by atoms with Crippen LogP contribution >= 0.6 is 11.6 Å². The molecule has 0 aliphatic carbocycles. The van der Waals surface area contributed by atoms with Crippen LogP contribution in [0.1, 0.15) is 18.4 Å². The predicted octanol–water partition coefficient (Wildman–Crippen LogP) is 1.64. The number of ether oxygens (including phenoxy) is 2. The molecule has 27 heavy (non-hydrogen) atoms. The van der Waals surface area contributed by atoms with Crippen LogP contribution in [0, 0.1) is 0 Å². The molecule has 0 saturated carbocycles. The lowest BCUT2D eigenvalue weighted by atomic mass is 10.0. The van der Waals surface area contributed by atoms with Crippen LogP contribution in [-0.4, -0.2) is 72.8 Å². The summed E-state index contributed by atoms with van der Waals surface area (Å²) < 4.78 is 11.5. The highest BCUT2D eigenvalue weighted by molar-refractivity contribution is 6.30. The van der Waals surface area contributed by atoms with Crippen molar-refractivity contribution in [2.45, 2.75) is 37.7 Å². The maximum absolute atomic E-state index is 12.8. The second kappa shape index (κ2) is 8.04. The fourth-order valence-corrected chi connectivity index (χ4v) is 4.17. The average Bonchev–Trinajstić information content (AvgIpc) is 3.14. The topological polar surface area (TPSA) is 71.1 Å². The Hall–Kier alpha value is -1.83. The molecule has 0 aromatic heterocycles. The van der Waals surface area contributed by atoms with E-state index in [4.69, 9.17) is 21.1 Å². The number of benzene rings is 1. The zero-order valence-electron chi connectivity index (χ0n) is 15.1. The first-order valence-electron chi connectivity index (χ1n) is 9.39. The number of nitrogens with one attached hydrogen (secondary N) is 1. The van der Waals surface area contributed by atoms with Gasteiger partial charge in [0.2, 0.25) is 5.91 Å². The summed E-state index contributed by atoms with van der Waals surface area (Å²) in [5.41, 5.74) is 1.03. The first-order chi connectivity index (χ1) is 13.1. The van der Waals surface area contributed by atoms with Crippen molar-refractivity contribution in [3.05, 3.63) is 34.9 Å². The molecular formula is C19H24ClN3O4. The average molecular weight is 394 g/mol. The first-order valence-corrected chi connectivity index (χ1v) is 9.77. The van der Waals surface area contributed by atoms with Gasteiger partial charge in [0, 0.05) is 31.2 Å². The van der Waals surface area contributed by atoms with E-state index in [1.165, 1.54) is 0 Å². The smallest absolute Gasteiger partial charge is 0.320 e. The first kappa shape index (κ1) is 18.5. The number of morpholine rings is 1. The van der Waals surface area contributed by atoms with Gasteiger partial charge in [0.05, 0.1) is 24.9 Å². The monoisotopic (exact) mass is 393 g/mol. The van der Waals surface area contributed by atoms with Gasteiger partial charge in [-0.1, -0.05) is 23.7 Å². The number of fused-ring (bicyclic) bond motifs is 1. The van der Waals surface area contributed by atoms with Crippen LogP contribution in [0.2, 0.25) is 5.02 Å². The molecule has 7 nitrogen and oxygen atoms in total. The molecule has 3 saturated heterocycles. The summed E-state index contributed by atoms with van der Waals surface area (Å²) in [7, 11) is 0. The Kier molecular flexibility index (Phi) is 5.52. The lowest BCUT2D eigenvalue weighted by molar-refractivity contribution is -0.139. The van der Waals surface area contributed by atoms with E-state index in [9.17, 15) is 9.59 Å². The predicted molar refractivity (Wildman–Crippen MR) is 99.5 cm³/mol. The van der Waals surface area contributed by atoms with Crippen molar-refractivity contribution >= 4 is 23.5 Å². The Bertz CT molecular complexity index is 716. The molecule has 4 rings (SSSR count). The van der Waals surface area contributed by atoms with Crippen LogP contribution in [0.15, 0.2) is 24.3 Å². The van der Waals surface area contributed by atoms with Crippen molar-refractivity contribution in [3.8, 4) is 0 Å². The molecule has 3 heterocycles. The number of carbonyl (C=O) groups is 2. The van der Waals surface area contributed by atoms with Gasteiger partial charge >= 0.3 is 6.03 Å². The summed E-state index contributed by atoms with van der Waals surface area (Å²) in [5, 5.41) is 3.63. The van der Waals surface area contributed by atoms with Crippen LogP contribution in [0.4, 0.5) is 4.79 Å². The summed E-state index contributed by atoms with van der Waals surface area (Å²) in [5.74, 6) is -0.110. The largest absolute Gasteiger partial charge is 0.372 e. The Balaban J connectivity index is 1.27. The molecular weight excluding hydrogens is 370 g/mol. The molecule has 8 heteroatoms. The van der Waals surface area contributed by atoms with E-state index in [1.807, 2.05) is 34.1 Å². The van der Waals surface area contributed by atoms with Gasteiger partial charge in [-0.3, -0.25) is 4.79 Å². The van der Waals surface area contributed by atoms with E-state index in [0.717, 1.165) is 18.4 Å². The fourth-order valence-electron chi connectivity index (χ4n) is 3.95. The van der Waals surface area contributed by atoms with E-state index in [-0.39, 0.29) is 36.8 Å². The Labute approximate surface area is 163 Å². The van der Waals surface area contributed by atoms with Crippen LogP contribution in [0.3, 0.4) is 0 Å². The molecule has 1 N–H and O–H groups in total. The number of halogens is 1. The maximum Gasteiger partial charge on any atom is 0.320 e. The molecule has 3 aliphatic rings. The SMILES string of the molecule is O=C1CO[C@H]2CCN(C(=O)N3CC[C@H](OCc4cccc(Cl)c4)C3)C[C@H]2N1. The highest BCUT2D eigenvalue weighted by Gasteiger charge is 2.38. The number of likely N-dealkylation sites (tertiary alicyclic amines) is 2. The summed E-state index contributed by atoms with van der Waals surface area (Å²) in [6.45, 7) is 3.04. The standard InChI is InChI=1S/C19H24ClN3O4/c20-14-3-1-2-13(8-14)11-26-15-4-6-22(9-15)19(25)23-7-5-17-16(10-23)21-18(24)12-27-17/h1-3,8,15-17H,4-7,9-12H2,(H,21,24)/t15-,16+,17-/m0/s1. The number of carbonyl (C=O) groups excluding carboxylic acids is 2. The van der Waals surface area contributed by atoms with E-state index >= 15 is 0 Å². The van der Waals surface area contributed by atoms with Gasteiger partial charge in [0.1, 0.15) is 6.61 Å². The number of urea groups is 1. The Morgan fingerprint density at radius 2 is 2.07 bits per heavy atom. The van der Waals surface area contributed by atoms with E-state index < -0.39 is 0 Å². The van der Waals surface area contributed by atoms with Crippen molar-refractivity contribution in [2.24, 2.45) is 0 Å². The molecule has 1 aromatic carbocycles. The summed E-state index contributed by atoms with van der Waals surface area (Å²) in [6, 6.07) is 7.52. The van der Waals surface area contributed by atoms with Crippen molar-refractivity contribution in [2.75, 3.05) is 32.8 Å². The molecule has 0 radical (unpaired) electrons. The summed E-state index contributed by atoms with van der Waals surface area (Å²) >= 11 is 6.00. The fraction of sp³-hybridized carbons (Fsp3) is 0.579. The molecule has 146 valence electrons. The van der Waals surface area contributed by atoms with Crippen molar-refractivity contribution in [1.29, 1.82) is 0 Å². The molecule has 0 spiro atoms. The van der Waals surface area contributed by atoms with Crippen molar-refractivity contribution < 1.29 is 19.1 Å². The van der Waals surface area contributed by atoms with Gasteiger partial charge in [-0.25, -0.2) is 4.79 Å². The van der Waals surface area contributed by atoms with Gasteiger partial charge in [-0.05, 0) is 30.5 Å². The Morgan fingerprint density at radius 3 is 2.93 bits per heavy atom. The van der Waals surface area contributed by atoms with Crippen LogP contribution < -0.4 is 5.32 Å². The number of rotatable bonds is 3.